The smallest absolute Gasteiger partial charge is 0.272 e. The standard InChI is InChI=1S/C8H4ClNOS/c9-8(11)7-5-3-1-2-4-6(5)12-10-7/h1-4H. The van der Waals surface area contributed by atoms with Gasteiger partial charge in [-0.15, -0.1) is 0 Å². The van der Waals surface area contributed by atoms with E-state index in [9.17, 15) is 4.79 Å². The quantitative estimate of drug-likeness (QED) is 0.658. The number of carbonyl (C=O) groups excluding carboxylic acids is 1. The van der Waals surface area contributed by atoms with Gasteiger partial charge in [0.1, 0.15) is 5.69 Å². The Hall–Kier alpha value is -0.930. The Morgan fingerprint density at radius 1 is 1.42 bits per heavy atom. The minimum absolute atomic E-state index is 0.359. The summed E-state index contributed by atoms with van der Waals surface area (Å²) >= 11 is 6.62. The predicted molar refractivity (Wildman–Crippen MR) is 49.8 cm³/mol. The van der Waals surface area contributed by atoms with Crippen molar-refractivity contribution in [1.29, 1.82) is 0 Å². The maximum absolute atomic E-state index is 10.8. The van der Waals surface area contributed by atoms with E-state index in [1.165, 1.54) is 11.5 Å². The van der Waals surface area contributed by atoms with E-state index in [4.69, 9.17) is 11.6 Å². The molecule has 0 amide bonds. The Bertz CT molecular complexity index is 437. The molecular formula is C8H4ClNOS. The molecule has 1 heterocycles. The van der Waals surface area contributed by atoms with Gasteiger partial charge in [-0.2, -0.15) is 4.37 Å². The van der Waals surface area contributed by atoms with Crippen molar-refractivity contribution in [2.24, 2.45) is 0 Å². The van der Waals surface area contributed by atoms with Crippen LogP contribution < -0.4 is 0 Å². The van der Waals surface area contributed by atoms with E-state index in [1.807, 2.05) is 24.3 Å². The van der Waals surface area contributed by atoms with Crippen molar-refractivity contribution >= 4 is 38.5 Å². The fourth-order valence-corrected chi connectivity index (χ4v) is 2.00. The zero-order valence-electron chi connectivity index (χ0n) is 5.95. The minimum Gasteiger partial charge on any atom is -0.274 e. The molecule has 0 saturated heterocycles. The van der Waals surface area contributed by atoms with E-state index in [2.05, 4.69) is 4.37 Å². The third-order valence-electron chi connectivity index (χ3n) is 1.56. The minimum atomic E-state index is -0.493. The molecule has 12 heavy (non-hydrogen) atoms. The largest absolute Gasteiger partial charge is 0.274 e. The number of hydrogen-bond acceptors (Lipinski definition) is 3. The van der Waals surface area contributed by atoms with E-state index in [-0.39, 0.29) is 0 Å². The fourth-order valence-electron chi connectivity index (χ4n) is 1.03. The molecule has 0 radical (unpaired) electrons. The van der Waals surface area contributed by atoms with Gasteiger partial charge in [0.15, 0.2) is 0 Å². The average molecular weight is 198 g/mol. The van der Waals surface area contributed by atoms with Crippen LogP contribution in [0.2, 0.25) is 0 Å². The average Bonchev–Trinajstić information content (AvgIpc) is 2.47. The van der Waals surface area contributed by atoms with E-state index in [0.29, 0.717) is 5.69 Å². The number of halogens is 1. The van der Waals surface area contributed by atoms with Crippen LogP contribution in [0.25, 0.3) is 10.1 Å². The van der Waals surface area contributed by atoms with Gasteiger partial charge in [-0.05, 0) is 29.2 Å². The number of carbonyl (C=O) groups is 1. The third-order valence-corrected chi connectivity index (χ3v) is 2.57. The summed E-state index contributed by atoms with van der Waals surface area (Å²) in [5, 5.41) is 0.343. The summed E-state index contributed by atoms with van der Waals surface area (Å²) in [7, 11) is 0. The second kappa shape index (κ2) is 2.84. The topological polar surface area (TPSA) is 30.0 Å². The van der Waals surface area contributed by atoms with E-state index in [0.717, 1.165) is 10.1 Å². The molecule has 0 aliphatic carbocycles. The Kier molecular flexibility index (Phi) is 1.83. The van der Waals surface area contributed by atoms with E-state index in [1.54, 1.807) is 0 Å². The lowest BCUT2D eigenvalue weighted by molar-refractivity contribution is 0.107. The molecule has 2 aromatic rings. The summed E-state index contributed by atoms with van der Waals surface area (Å²) in [6.45, 7) is 0. The van der Waals surface area contributed by atoms with Crippen LogP contribution in [0.1, 0.15) is 10.5 Å². The van der Waals surface area contributed by atoms with Crippen LogP contribution in [-0.4, -0.2) is 9.62 Å². The van der Waals surface area contributed by atoms with Crippen LogP contribution in [-0.2, 0) is 0 Å². The molecule has 4 heteroatoms. The SMILES string of the molecule is O=C(Cl)c1nsc2ccccc12. The maximum atomic E-state index is 10.8. The van der Waals surface area contributed by atoms with Gasteiger partial charge in [-0.3, -0.25) is 4.79 Å². The first-order chi connectivity index (χ1) is 5.79. The van der Waals surface area contributed by atoms with Gasteiger partial charge >= 0.3 is 0 Å². The maximum Gasteiger partial charge on any atom is 0.272 e. The van der Waals surface area contributed by atoms with Crippen LogP contribution in [0.15, 0.2) is 24.3 Å². The first kappa shape index (κ1) is 7.71. The number of hydrogen-bond donors (Lipinski definition) is 0. The molecule has 0 atom stereocenters. The lowest BCUT2D eigenvalue weighted by atomic mass is 10.2. The molecular weight excluding hydrogens is 194 g/mol. The molecule has 2 rings (SSSR count). The molecule has 1 aromatic carbocycles. The summed E-state index contributed by atoms with van der Waals surface area (Å²) in [4.78, 5) is 10.8. The van der Waals surface area contributed by atoms with Crippen molar-refractivity contribution in [2.45, 2.75) is 0 Å². The van der Waals surface area contributed by atoms with Crippen LogP contribution in [0.5, 0.6) is 0 Å². The molecule has 0 spiro atoms. The Morgan fingerprint density at radius 2 is 2.17 bits per heavy atom. The molecule has 1 aromatic heterocycles. The zero-order valence-corrected chi connectivity index (χ0v) is 7.52. The highest BCUT2D eigenvalue weighted by Gasteiger charge is 2.10. The normalized spacial score (nSPS) is 10.4. The van der Waals surface area contributed by atoms with Crippen molar-refractivity contribution in [3.8, 4) is 0 Å². The lowest BCUT2D eigenvalue weighted by Gasteiger charge is -1.87. The molecule has 0 saturated carbocycles. The van der Waals surface area contributed by atoms with Crippen molar-refractivity contribution < 1.29 is 4.79 Å². The second-order valence-corrected chi connectivity index (χ2v) is 3.45. The van der Waals surface area contributed by atoms with E-state index < -0.39 is 5.24 Å². The van der Waals surface area contributed by atoms with Crippen molar-refractivity contribution in [2.75, 3.05) is 0 Å². The summed E-state index contributed by atoms with van der Waals surface area (Å²) < 4.78 is 4.94. The fraction of sp³-hybridized carbons (Fsp3) is 0. The molecule has 60 valence electrons. The van der Waals surface area contributed by atoms with Gasteiger partial charge in [0.25, 0.3) is 5.24 Å². The number of fused-ring (bicyclic) bond motifs is 1. The molecule has 2 nitrogen and oxygen atoms in total. The highest BCUT2D eigenvalue weighted by Crippen LogP contribution is 2.22. The highest BCUT2D eigenvalue weighted by molar-refractivity contribution is 7.13. The van der Waals surface area contributed by atoms with Gasteiger partial charge in [0, 0.05) is 5.39 Å². The van der Waals surface area contributed by atoms with Crippen LogP contribution in [0.3, 0.4) is 0 Å². The van der Waals surface area contributed by atoms with E-state index >= 15 is 0 Å². The van der Waals surface area contributed by atoms with Crippen LogP contribution in [0.4, 0.5) is 0 Å². The summed E-state index contributed by atoms with van der Waals surface area (Å²) in [5.41, 5.74) is 0.359. The molecule has 0 aliphatic rings. The Labute approximate surface area is 77.9 Å². The molecule has 0 N–H and O–H groups in total. The number of nitrogens with zero attached hydrogens (tertiary/aromatic N) is 1. The molecule has 0 fully saturated rings. The molecule has 0 bridgehead atoms. The highest BCUT2D eigenvalue weighted by atomic mass is 35.5. The predicted octanol–water partition coefficient (Wildman–Crippen LogP) is 2.68. The monoisotopic (exact) mass is 197 g/mol. The number of aromatic nitrogens is 1. The summed E-state index contributed by atoms with van der Waals surface area (Å²) in [6, 6.07) is 7.52. The van der Waals surface area contributed by atoms with Gasteiger partial charge in [0.05, 0.1) is 4.70 Å². The first-order valence-electron chi connectivity index (χ1n) is 3.33. The van der Waals surface area contributed by atoms with Gasteiger partial charge in [-0.1, -0.05) is 18.2 Å². The van der Waals surface area contributed by atoms with Crippen molar-refractivity contribution in [3.05, 3.63) is 30.0 Å². The van der Waals surface area contributed by atoms with Gasteiger partial charge in [0.2, 0.25) is 0 Å². The number of rotatable bonds is 1. The number of benzene rings is 1. The van der Waals surface area contributed by atoms with Gasteiger partial charge < -0.3 is 0 Å². The zero-order chi connectivity index (χ0) is 8.55. The first-order valence-corrected chi connectivity index (χ1v) is 4.48. The Balaban J connectivity index is 2.79. The van der Waals surface area contributed by atoms with Gasteiger partial charge in [-0.25, -0.2) is 0 Å². The Morgan fingerprint density at radius 3 is 2.92 bits per heavy atom. The molecule has 0 unspecified atom stereocenters. The van der Waals surface area contributed by atoms with Crippen molar-refractivity contribution in [3.63, 3.8) is 0 Å². The van der Waals surface area contributed by atoms with Crippen molar-refractivity contribution in [1.82, 2.24) is 4.37 Å². The third kappa shape index (κ3) is 1.11. The summed E-state index contributed by atoms with van der Waals surface area (Å²) in [6.07, 6.45) is 0. The van der Waals surface area contributed by atoms with Crippen LogP contribution >= 0.6 is 23.1 Å². The lowest BCUT2D eigenvalue weighted by Crippen LogP contribution is -1.87. The summed E-state index contributed by atoms with van der Waals surface area (Å²) in [5.74, 6) is 0. The molecule has 0 aliphatic heterocycles. The second-order valence-electron chi connectivity index (χ2n) is 2.30. The van der Waals surface area contributed by atoms with Crippen LogP contribution in [0, 0.1) is 0 Å².